The highest BCUT2D eigenvalue weighted by Crippen LogP contribution is 2.20. The van der Waals surface area contributed by atoms with Crippen LogP contribution in [0.25, 0.3) is 11.3 Å². The zero-order chi connectivity index (χ0) is 9.26. The molecule has 0 aromatic carbocycles. The van der Waals surface area contributed by atoms with E-state index in [0.717, 1.165) is 11.3 Å². The quantitative estimate of drug-likeness (QED) is 0.708. The van der Waals surface area contributed by atoms with Crippen molar-refractivity contribution in [3.05, 3.63) is 30.6 Å². The Balaban J connectivity index is 2.48. The van der Waals surface area contributed by atoms with Gasteiger partial charge in [-0.3, -0.25) is 4.98 Å². The molecule has 0 aliphatic carbocycles. The van der Waals surface area contributed by atoms with Crippen molar-refractivity contribution in [2.45, 2.75) is 0 Å². The number of hydrogen-bond acceptors (Lipinski definition) is 3. The first-order chi connectivity index (χ1) is 6.27. The molecule has 0 aliphatic rings. The third kappa shape index (κ3) is 1.38. The molecule has 13 heavy (non-hydrogen) atoms. The number of aromatic nitrogens is 3. The minimum atomic E-state index is 0.159. The maximum atomic E-state index is 9.29. The summed E-state index contributed by atoms with van der Waals surface area (Å²) in [5.74, 6) is 0.159. The molecule has 0 unspecified atom stereocenters. The first-order valence-electron chi connectivity index (χ1n) is 3.91. The van der Waals surface area contributed by atoms with Crippen molar-refractivity contribution < 1.29 is 5.11 Å². The zero-order valence-electron chi connectivity index (χ0n) is 7.18. The minimum absolute atomic E-state index is 0.159. The molecule has 1 N–H and O–H groups in total. The van der Waals surface area contributed by atoms with Crippen LogP contribution in [0.1, 0.15) is 0 Å². The molecule has 0 amide bonds. The molecule has 0 atom stereocenters. The number of pyridine rings is 1. The van der Waals surface area contributed by atoms with Gasteiger partial charge < -0.3 is 5.11 Å². The maximum absolute atomic E-state index is 9.29. The Bertz CT molecular complexity index is 389. The normalized spacial score (nSPS) is 10.2. The first-order valence-corrected chi connectivity index (χ1v) is 3.91. The average Bonchev–Trinajstić information content (AvgIpc) is 2.49. The van der Waals surface area contributed by atoms with Crippen molar-refractivity contribution >= 4 is 0 Å². The summed E-state index contributed by atoms with van der Waals surface area (Å²) in [4.78, 5) is 3.90. The summed E-state index contributed by atoms with van der Waals surface area (Å²) in [6.07, 6.45) is 3.39. The summed E-state index contributed by atoms with van der Waals surface area (Å²) in [6, 6.07) is 5.32. The highest BCUT2D eigenvalue weighted by molar-refractivity contribution is 5.59. The second-order valence-corrected chi connectivity index (χ2v) is 2.75. The van der Waals surface area contributed by atoms with Crippen molar-refractivity contribution in [3.8, 4) is 17.1 Å². The van der Waals surface area contributed by atoms with Gasteiger partial charge in [0, 0.05) is 31.1 Å². The molecular weight excluding hydrogens is 166 g/mol. The predicted molar refractivity (Wildman–Crippen MR) is 48.1 cm³/mol. The molecule has 0 aliphatic heterocycles. The smallest absolute Gasteiger partial charge is 0.209 e. The van der Waals surface area contributed by atoms with E-state index in [9.17, 15) is 5.11 Å². The summed E-state index contributed by atoms with van der Waals surface area (Å²) in [5.41, 5.74) is 1.70. The minimum Gasteiger partial charge on any atom is -0.493 e. The predicted octanol–water partition coefficient (Wildman–Crippen LogP) is 1.19. The van der Waals surface area contributed by atoms with Crippen LogP contribution in [-0.4, -0.2) is 19.9 Å². The number of aryl methyl sites for hydroxylation is 1. The SMILES string of the molecule is Cn1nc(-c2ccncc2)cc1O. The van der Waals surface area contributed by atoms with Crippen LogP contribution in [0.5, 0.6) is 5.88 Å². The van der Waals surface area contributed by atoms with Crippen molar-refractivity contribution in [1.29, 1.82) is 0 Å². The molecule has 4 nitrogen and oxygen atoms in total. The molecule has 2 heterocycles. The number of hydrogen-bond donors (Lipinski definition) is 1. The molecule has 0 fully saturated rings. The number of rotatable bonds is 1. The van der Waals surface area contributed by atoms with E-state index >= 15 is 0 Å². The van der Waals surface area contributed by atoms with Crippen LogP contribution >= 0.6 is 0 Å². The van der Waals surface area contributed by atoms with Crippen LogP contribution < -0.4 is 0 Å². The molecule has 2 aromatic heterocycles. The monoisotopic (exact) mass is 175 g/mol. The lowest BCUT2D eigenvalue weighted by molar-refractivity contribution is 0.419. The Morgan fingerprint density at radius 3 is 2.54 bits per heavy atom. The van der Waals surface area contributed by atoms with E-state index in [1.54, 1.807) is 25.5 Å². The summed E-state index contributed by atoms with van der Waals surface area (Å²) in [6.45, 7) is 0. The third-order valence-corrected chi connectivity index (χ3v) is 1.83. The molecule has 0 saturated carbocycles. The van der Waals surface area contributed by atoms with Gasteiger partial charge in [0.05, 0.1) is 5.69 Å². The molecule has 66 valence electrons. The Kier molecular flexibility index (Phi) is 1.73. The molecular formula is C9H9N3O. The Hall–Kier alpha value is -1.84. The molecule has 0 bridgehead atoms. The van der Waals surface area contributed by atoms with Crippen molar-refractivity contribution in [3.63, 3.8) is 0 Å². The highest BCUT2D eigenvalue weighted by atomic mass is 16.3. The van der Waals surface area contributed by atoms with Crippen molar-refractivity contribution in [2.24, 2.45) is 7.05 Å². The lowest BCUT2D eigenvalue weighted by Crippen LogP contribution is -1.89. The average molecular weight is 175 g/mol. The maximum Gasteiger partial charge on any atom is 0.209 e. The Morgan fingerprint density at radius 2 is 2.00 bits per heavy atom. The van der Waals surface area contributed by atoms with Gasteiger partial charge in [-0.05, 0) is 12.1 Å². The van der Waals surface area contributed by atoms with Gasteiger partial charge in [-0.2, -0.15) is 5.10 Å². The van der Waals surface area contributed by atoms with E-state index in [4.69, 9.17) is 0 Å². The van der Waals surface area contributed by atoms with Crippen LogP contribution in [0.15, 0.2) is 30.6 Å². The fourth-order valence-electron chi connectivity index (χ4n) is 1.12. The first kappa shape index (κ1) is 7.79. The van der Waals surface area contributed by atoms with Gasteiger partial charge in [-0.1, -0.05) is 0 Å². The van der Waals surface area contributed by atoms with Crippen LogP contribution in [0.2, 0.25) is 0 Å². The third-order valence-electron chi connectivity index (χ3n) is 1.83. The topological polar surface area (TPSA) is 50.9 Å². The van der Waals surface area contributed by atoms with E-state index in [1.807, 2.05) is 12.1 Å². The van der Waals surface area contributed by atoms with Gasteiger partial charge in [0.25, 0.3) is 0 Å². The number of nitrogens with zero attached hydrogens (tertiary/aromatic N) is 3. The van der Waals surface area contributed by atoms with E-state index in [-0.39, 0.29) is 5.88 Å². The van der Waals surface area contributed by atoms with Crippen LogP contribution in [-0.2, 0) is 7.05 Å². The Morgan fingerprint density at radius 1 is 1.31 bits per heavy atom. The van der Waals surface area contributed by atoms with Gasteiger partial charge in [-0.15, -0.1) is 0 Å². The van der Waals surface area contributed by atoms with Crippen LogP contribution in [0, 0.1) is 0 Å². The summed E-state index contributed by atoms with van der Waals surface area (Å²) >= 11 is 0. The molecule has 0 saturated heterocycles. The van der Waals surface area contributed by atoms with Crippen molar-refractivity contribution in [2.75, 3.05) is 0 Å². The molecule has 0 radical (unpaired) electrons. The standard InChI is InChI=1S/C9H9N3O/c1-12-9(13)6-8(11-12)7-2-4-10-5-3-7/h2-6,13H,1H3. The van der Waals surface area contributed by atoms with E-state index < -0.39 is 0 Å². The fourth-order valence-corrected chi connectivity index (χ4v) is 1.12. The van der Waals surface area contributed by atoms with E-state index in [0.29, 0.717) is 0 Å². The van der Waals surface area contributed by atoms with Gasteiger partial charge in [-0.25, -0.2) is 4.68 Å². The van der Waals surface area contributed by atoms with Gasteiger partial charge in [0.1, 0.15) is 0 Å². The second-order valence-electron chi connectivity index (χ2n) is 2.75. The molecule has 4 heteroatoms. The lowest BCUT2D eigenvalue weighted by atomic mass is 10.2. The van der Waals surface area contributed by atoms with Crippen LogP contribution in [0.4, 0.5) is 0 Å². The number of aromatic hydroxyl groups is 1. The zero-order valence-corrected chi connectivity index (χ0v) is 7.18. The van der Waals surface area contributed by atoms with Gasteiger partial charge in [0.2, 0.25) is 5.88 Å². The largest absolute Gasteiger partial charge is 0.493 e. The summed E-state index contributed by atoms with van der Waals surface area (Å²) in [7, 11) is 1.69. The molecule has 2 rings (SSSR count). The molecule has 0 spiro atoms. The van der Waals surface area contributed by atoms with E-state index in [2.05, 4.69) is 10.1 Å². The molecule has 2 aromatic rings. The van der Waals surface area contributed by atoms with E-state index in [1.165, 1.54) is 4.68 Å². The lowest BCUT2D eigenvalue weighted by Gasteiger charge is -1.92. The highest BCUT2D eigenvalue weighted by Gasteiger charge is 2.04. The van der Waals surface area contributed by atoms with Crippen molar-refractivity contribution in [1.82, 2.24) is 14.8 Å². The van der Waals surface area contributed by atoms with Crippen LogP contribution in [0.3, 0.4) is 0 Å². The summed E-state index contributed by atoms with van der Waals surface area (Å²) in [5, 5.41) is 13.4. The van der Waals surface area contributed by atoms with Gasteiger partial charge in [0.15, 0.2) is 0 Å². The Labute approximate surface area is 75.5 Å². The second kappa shape index (κ2) is 2.90. The fraction of sp³-hybridized carbons (Fsp3) is 0.111. The summed E-state index contributed by atoms with van der Waals surface area (Å²) < 4.78 is 1.43. The van der Waals surface area contributed by atoms with Gasteiger partial charge >= 0.3 is 0 Å².